The van der Waals surface area contributed by atoms with E-state index in [2.05, 4.69) is 9.97 Å². The van der Waals surface area contributed by atoms with Crippen LogP contribution in [0.15, 0.2) is 36.7 Å². The molecule has 1 unspecified atom stereocenters. The molecule has 104 valence electrons. The Balaban J connectivity index is 2.16. The summed E-state index contributed by atoms with van der Waals surface area (Å²) in [5, 5.41) is 19.9. The number of aliphatic hydroxyl groups excluding tert-OH is 1. The Hall–Kier alpha value is -2.91. The number of aromatic nitrogens is 2. The fraction of sp³-hybridized carbons (Fsp3) is 0.0667. The van der Waals surface area contributed by atoms with Gasteiger partial charge in [-0.2, -0.15) is 5.26 Å². The highest BCUT2D eigenvalue weighted by Crippen LogP contribution is 2.31. The van der Waals surface area contributed by atoms with Gasteiger partial charge in [0.2, 0.25) is 0 Å². The number of pyridine rings is 1. The maximum Gasteiger partial charge on any atom is 0.152 e. The lowest BCUT2D eigenvalue weighted by Gasteiger charge is -2.12. The molecule has 2 heterocycles. The van der Waals surface area contributed by atoms with Gasteiger partial charge in [0.15, 0.2) is 5.82 Å². The van der Waals surface area contributed by atoms with E-state index in [0.29, 0.717) is 22.2 Å². The lowest BCUT2D eigenvalue weighted by molar-refractivity contribution is 0.216. The Morgan fingerprint density at radius 2 is 2.19 bits per heavy atom. The van der Waals surface area contributed by atoms with Crippen molar-refractivity contribution in [3.8, 4) is 6.07 Å². The molecule has 0 bridgehead atoms. The largest absolute Gasteiger partial charge is 0.396 e. The third-order valence-electron chi connectivity index (χ3n) is 3.34. The molecule has 0 aliphatic rings. The molecule has 1 atom stereocenters. The SMILES string of the molecule is N#Cc1cnc2[nH]cc(C(O)c3cccc(N)c3F)c2c1. The van der Waals surface area contributed by atoms with Gasteiger partial charge in [0.05, 0.1) is 11.3 Å². The minimum absolute atomic E-state index is 0.0257. The van der Waals surface area contributed by atoms with Crippen LogP contribution >= 0.6 is 0 Å². The number of hydrogen-bond acceptors (Lipinski definition) is 4. The summed E-state index contributed by atoms with van der Waals surface area (Å²) in [5.41, 5.74) is 6.91. The van der Waals surface area contributed by atoms with Crippen LogP contribution in [0.1, 0.15) is 22.8 Å². The van der Waals surface area contributed by atoms with Crippen molar-refractivity contribution < 1.29 is 9.50 Å². The summed E-state index contributed by atoms with van der Waals surface area (Å²) in [5.74, 6) is -0.649. The van der Waals surface area contributed by atoms with Crippen molar-refractivity contribution in [2.45, 2.75) is 6.10 Å². The Labute approximate surface area is 119 Å². The highest BCUT2D eigenvalue weighted by Gasteiger charge is 2.20. The summed E-state index contributed by atoms with van der Waals surface area (Å²) in [6.07, 6.45) is 1.78. The molecule has 1 aromatic carbocycles. The fourth-order valence-electron chi connectivity index (χ4n) is 2.26. The summed E-state index contributed by atoms with van der Waals surface area (Å²) in [4.78, 5) is 6.97. The van der Waals surface area contributed by atoms with Crippen LogP contribution in [-0.2, 0) is 0 Å². The van der Waals surface area contributed by atoms with Gasteiger partial charge in [-0.25, -0.2) is 9.37 Å². The second-order valence-electron chi connectivity index (χ2n) is 4.63. The third-order valence-corrected chi connectivity index (χ3v) is 3.34. The van der Waals surface area contributed by atoms with E-state index in [1.54, 1.807) is 18.3 Å². The number of nitrogens with zero attached hydrogens (tertiary/aromatic N) is 2. The number of H-pyrrole nitrogens is 1. The van der Waals surface area contributed by atoms with Crippen molar-refractivity contribution in [2.24, 2.45) is 0 Å². The lowest BCUT2D eigenvalue weighted by Crippen LogP contribution is -2.04. The fourth-order valence-corrected chi connectivity index (χ4v) is 2.26. The molecular formula is C15H11FN4O. The molecule has 0 amide bonds. The van der Waals surface area contributed by atoms with Gasteiger partial charge < -0.3 is 15.8 Å². The first-order valence-electron chi connectivity index (χ1n) is 6.21. The predicted octanol–water partition coefficient (Wildman–Crippen LogP) is 2.24. The molecule has 0 aliphatic heterocycles. The highest BCUT2D eigenvalue weighted by atomic mass is 19.1. The van der Waals surface area contributed by atoms with Crippen molar-refractivity contribution in [3.63, 3.8) is 0 Å². The van der Waals surface area contributed by atoms with Crippen molar-refractivity contribution in [1.29, 1.82) is 5.26 Å². The molecule has 5 nitrogen and oxygen atoms in total. The molecule has 0 saturated heterocycles. The van der Waals surface area contributed by atoms with Crippen molar-refractivity contribution in [3.05, 3.63) is 59.2 Å². The quantitative estimate of drug-likeness (QED) is 0.628. The van der Waals surface area contributed by atoms with Gasteiger partial charge in [-0.15, -0.1) is 0 Å². The predicted molar refractivity (Wildman–Crippen MR) is 75.7 cm³/mol. The average molecular weight is 282 g/mol. The Morgan fingerprint density at radius 1 is 1.38 bits per heavy atom. The first-order valence-corrected chi connectivity index (χ1v) is 6.21. The van der Waals surface area contributed by atoms with Gasteiger partial charge in [-0.3, -0.25) is 0 Å². The van der Waals surface area contributed by atoms with E-state index >= 15 is 0 Å². The van der Waals surface area contributed by atoms with Crippen molar-refractivity contribution in [1.82, 2.24) is 9.97 Å². The first-order chi connectivity index (χ1) is 10.1. The maximum absolute atomic E-state index is 14.0. The second kappa shape index (κ2) is 4.89. The Kier molecular flexibility index (Phi) is 3.05. The molecule has 2 aromatic heterocycles. The standard InChI is InChI=1S/C15H11FN4O/c16-13-9(2-1-3-12(13)18)14(21)11-7-20-15-10(11)4-8(5-17)6-19-15/h1-4,6-7,14,21H,18H2,(H,19,20). The maximum atomic E-state index is 14.0. The topological polar surface area (TPSA) is 98.7 Å². The van der Waals surface area contributed by atoms with E-state index in [0.717, 1.165) is 0 Å². The van der Waals surface area contributed by atoms with E-state index < -0.39 is 11.9 Å². The number of hydrogen-bond donors (Lipinski definition) is 3. The van der Waals surface area contributed by atoms with E-state index in [9.17, 15) is 9.50 Å². The summed E-state index contributed by atoms with van der Waals surface area (Å²) >= 11 is 0. The molecule has 0 radical (unpaired) electrons. The van der Waals surface area contributed by atoms with Crippen LogP contribution < -0.4 is 5.73 Å². The van der Waals surface area contributed by atoms with Crippen LogP contribution in [0, 0.1) is 17.1 Å². The number of halogens is 1. The van der Waals surface area contributed by atoms with Crippen LogP contribution in [0.25, 0.3) is 11.0 Å². The summed E-state index contributed by atoms with van der Waals surface area (Å²) in [6, 6.07) is 8.05. The molecule has 0 spiro atoms. The zero-order chi connectivity index (χ0) is 15.0. The van der Waals surface area contributed by atoms with Crippen LogP contribution in [0.3, 0.4) is 0 Å². The highest BCUT2D eigenvalue weighted by molar-refractivity contribution is 5.81. The van der Waals surface area contributed by atoms with Gasteiger partial charge in [-0.05, 0) is 12.1 Å². The van der Waals surface area contributed by atoms with Crippen molar-refractivity contribution >= 4 is 16.7 Å². The average Bonchev–Trinajstić information content (AvgIpc) is 2.92. The first kappa shape index (κ1) is 13.1. The van der Waals surface area contributed by atoms with E-state index in [1.165, 1.54) is 18.3 Å². The number of benzene rings is 1. The smallest absolute Gasteiger partial charge is 0.152 e. The molecule has 3 rings (SSSR count). The Morgan fingerprint density at radius 3 is 2.95 bits per heavy atom. The Bertz CT molecular complexity index is 866. The van der Waals surface area contributed by atoms with Gasteiger partial charge in [0.25, 0.3) is 0 Å². The third kappa shape index (κ3) is 2.10. The number of nitrogen functional groups attached to an aromatic ring is 1. The van der Waals surface area contributed by atoms with E-state index in [-0.39, 0.29) is 11.3 Å². The monoisotopic (exact) mass is 282 g/mol. The molecule has 0 saturated carbocycles. The molecule has 6 heteroatoms. The summed E-state index contributed by atoms with van der Waals surface area (Å²) in [6.45, 7) is 0. The van der Waals surface area contributed by atoms with Crippen LogP contribution in [0.5, 0.6) is 0 Å². The van der Waals surface area contributed by atoms with Gasteiger partial charge >= 0.3 is 0 Å². The number of aromatic amines is 1. The number of nitriles is 1. The van der Waals surface area contributed by atoms with Crippen LogP contribution in [0.2, 0.25) is 0 Å². The summed E-state index contributed by atoms with van der Waals surface area (Å²) < 4.78 is 14.0. The second-order valence-corrected chi connectivity index (χ2v) is 4.63. The van der Waals surface area contributed by atoms with Crippen LogP contribution in [0.4, 0.5) is 10.1 Å². The number of nitrogens with one attached hydrogen (secondary N) is 1. The lowest BCUT2D eigenvalue weighted by atomic mass is 10.00. The van der Waals surface area contributed by atoms with E-state index in [1.807, 2.05) is 6.07 Å². The molecule has 21 heavy (non-hydrogen) atoms. The summed E-state index contributed by atoms with van der Waals surface area (Å²) in [7, 11) is 0. The minimum atomic E-state index is -1.20. The van der Waals surface area contributed by atoms with Crippen LogP contribution in [-0.4, -0.2) is 15.1 Å². The van der Waals surface area contributed by atoms with E-state index in [4.69, 9.17) is 11.0 Å². The molecule has 3 aromatic rings. The number of anilines is 1. The van der Waals surface area contributed by atoms with Gasteiger partial charge in [0, 0.05) is 28.9 Å². The number of fused-ring (bicyclic) bond motifs is 1. The number of aliphatic hydroxyl groups is 1. The molecule has 0 fully saturated rings. The zero-order valence-electron chi connectivity index (χ0n) is 10.8. The van der Waals surface area contributed by atoms with Gasteiger partial charge in [-0.1, -0.05) is 12.1 Å². The minimum Gasteiger partial charge on any atom is -0.396 e. The number of rotatable bonds is 2. The molecular weight excluding hydrogens is 271 g/mol. The molecule has 4 N–H and O–H groups in total. The molecule has 0 aliphatic carbocycles. The van der Waals surface area contributed by atoms with Crippen molar-refractivity contribution in [2.75, 3.05) is 5.73 Å². The number of nitrogens with two attached hydrogens (primary N) is 1. The normalized spacial score (nSPS) is 12.2. The van der Waals surface area contributed by atoms with Gasteiger partial charge in [0.1, 0.15) is 17.8 Å². The zero-order valence-corrected chi connectivity index (χ0v) is 10.8.